The third-order valence-electron chi connectivity index (χ3n) is 4.13. The molecule has 3 heterocycles. The first kappa shape index (κ1) is 15.9. The zero-order valence-corrected chi connectivity index (χ0v) is 13.4. The summed E-state index contributed by atoms with van der Waals surface area (Å²) >= 11 is 0. The highest BCUT2D eigenvalue weighted by molar-refractivity contribution is 5.97. The Kier molecular flexibility index (Phi) is 4.41. The molecule has 1 saturated heterocycles. The van der Waals surface area contributed by atoms with Gasteiger partial charge in [-0.05, 0) is 19.1 Å². The van der Waals surface area contributed by atoms with E-state index in [4.69, 9.17) is 5.73 Å². The number of nitrogens with two attached hydrogens (primary N) is 1. The Morgan fingerprint density at radius 3 is 2.62 bits per heavy atom. The standard InChI is InChI=1S/C15H19N7O2/c1-11(22-10-17-9-19-22)15(24)21-7-5-20(6-8-21)14-12(13(16)23)3-2-4-18-14/h2-4,9-11H,5-8H2,1H3,(H2,16,23). The fraction of sp³-hybridized carbons (Fsp3) is 0.400. The highest BCUT2D eigenvalue weighted by Crippen LogP contribution is 2.19. The van der Waals surface area contributed by atoms with Crippen molar-refractivity contribution in [2.24, 2.45) is 5.73 Å². The van der Waals surface area contributed by atoms with Crippen LogP contribution in [0, 0.1) is 0 Å². The molecule has 1 atom stereocenters. The average Bonchev–Trinajstić information content (AvgIpc) is 3.15. The van der Waals surface area contributed by atoms with Gasteiger partial charge in [0, 0.05) is 32.4 Å². The predicted molar refractivity (Wildman–Crippen MR) is 86.3 cm³/mol. The number of rotatable bonds is 4. The van der Waals surface area contributed by atoms with Crippen LogP contribution in [0.25, 0.3) is 0 Å². The summed E-state index contributed by atoms with van der Waals surface area (Å²) in [5, 5.41) is 4.01. The van der Waals surface area contributed by atoms with E-state index in [-0.39, 0.29) is 5.91 Å². The van der Waals surface area contributed by atoms with Crippen molar-refractivity contribution in [2.45, 2.75) is 13.0 Å². The molecule has 0 radical (unpaired) electrons. The topological polar surface area (TPSA) is 110 Å². The lowest BCUT2D eigenvalue weighted by Crippen LogP contribution is -2.51. The summed E-state index contributed by atoms with van der Waals surface area (Å²) < 4.78 is 1.54. The molecule has 1 unspecified atom stereocenters. The molecule has 0 aromatic carbocycles. The number of pyridine rings is 1. The van der Waals surface area contributed by atoms with E-state index >= 15 is 0 Å². The zero-order chi connectivity index (χ0) is 17.1. The van der Waals surface area contributed by atoms with Gasteiger partial charge in [0.05, 0.1) is 5.56 Å². The van der Waals surface area contributed by atoms with Crippen LogP contribution in [0.15, 0.2) is 31.0 Å². The minimum Gasteiger partial charge on any atom is -0.365 e. The molecule has 2 N–H and O–H groups in total. The van der Waals surface area contributed by atoms with Crippen LogP contribution in [0.3, 0.4) is 0 Å². The van der Waals surface area contributed by atoms with E-state index in [0.29, 0.717) is 37.6 Å². The number of piperazine rings is 1. The maximum absolute atomic E-state index is 12.5. The molecule has 0 spiro atoms. The highest BCUT2D eigenvalue weighted by atomic mass is 16.2. The quantitative estimate of drug-likeness (QED) is 0.823. The van der Waals surface area contributed by atoms with Crippen molar-refractivity contribution in [2.75, 3.05) is 31.1 Å². The summed E-state index contributed by atoms with van der Waals surface area (Å²) in [6.07, 6.45) is 4.58. The molecule has 9 heteroatoms. The van der Waals surface area contributed by atoms with E-state index in [2.05, 4.69) is 15.1 Å². The number of hydrogen-bond acceptors (Lipinski definition) is 6. The van der Waals surface area contributed by atoms with Crippen molar-refractivity contribution in [3.05, 3.63) is 36.5 Å². The third kappa shape index (κ3) is 3.05. The van der Waals surface area contributed by atoms with Gasteiger partial charge in [-0.1, -0.05) is 0 Å². The molecule has 1 fully saturated rings. The van der Waals surface area contributed by atoms with E-state index in [1.807, 2.05) is 4.90 Å². The van der Waals surface area contributed by atoms with Gasteiger partial charge in [0.1, 0.15) is 24.5 Å². The van der Waals surface area contributed by atoms with Crippen LogP contribution in [0.1, 0.15) is 23.3 Å². The summed E-state index contributed by atoms with van der Waals surface area (Å²) in [6.45, 7) is 4.08. The molecule has 2 aromatic rings. The maximum Gasteiger partial charge on any atom is 0.252 e. The fourth-order valence-electron chi connectivity index (χ4n) is 2.77. The Morgan fingerprint density at radius 1 is 1.25 bits per heavy atom. The van der Waals surface area contributed by atoms with Crippen LogP contribution in [0.4, 0.5) is 5.82 Å². The summed E-state index contributed by atoms with van der Waals surface area (Å²) in [5.41, 5.74) is 5.80. The fourth-order valence-corrected chi connectivity index (χ4v) is 2.77. The number of amides is 2. The van der Waals surface area contributed by atoms with E-state index in [1.165, 1.54) is 12.7 Å². The van der Waals surface area contributed by atoms with Gasteiger partial charge in [0.15, 0.2) is 0 Å². The number of anilines is 1. The van der Waals surface area contributed by atoms with Crippen molar-refractivity contribution in [1.29, 1.82) is 0 Å². The minimum atomic E-state index is -0.503. The molecule has 2 aromatic heterocycles. The molecule has 1 aliphatic rings. The summed E-state index contributed by atoms with van der Waals surface area (Å²) in [7, 11) is 0. The first-order chi connectivity index (χ1) is 11.6. The second-order valence-corrected chi connectivity index (χ2v) is 5.60. The summed E-state index contributed by atoms with van der Waals surface area (Å²) in [4.78, 5) is 36.0. The van der Waals surface area contributed by atoms with Crippen LogP contribution < -0.4 is 10.6 Å². The normalized spacial score (nSPS) is 16.0. The Labute approximate surface area is 139 Å². The van der Waals surface area contributed by atoms with Crippen molar-refractivity contribution in [3.63, 3.8) is 0 Å². The van der Waals surface area contributed by atoms with Crippen LogP contribution >= 0.6 is 0 Å². The molecule has 2 amide bonds. The molecule has 3 rings (SSSR count). The largest absolute Gasteiger partial charge is 0.365 e. The number of nitrogens with zero attached hydrogens (tertiary/aromatic N) is 6. The number of carbonyl (C=O) groups excluding carboxylic acids is 2. The molecule has 0 aliphatic carbocycles. The highest BCUT2D eigenvalue weighted by Gasteiger charge is 2.27. The number of hydrogen-bond donors (Lipinski definition) is 1. The Hall–Kier alpha value is -2.97. The van der Waals surface area contributed by atoms with Gasteiger partial charge in [-0.25, -0.2) is 14.6 Å². The van der Waals surface area contributed by atoms with Crippen LogP contribution in [0.5, 0.6) is 0 Å². The van der Waals surface area contributed by atoms with Gasteiger partial charge >= 0.3 is 0 Å². The number of primary amides is 1. The third-order valence-corrected chi connectivity index (χ3v) is 4.13. The second-order valence-electron chi connectivity index (χ2n) is 5.60. The lowest BCUT2D eigenvalue weighted by atomic mass is 10.2. The summed E-state index contributed by atoms with van der Waals surface area (Å²) in [5.74, 6) is 0.0640. The van der Waals surface area contributed by atoms with Crippen molar-refractivity contribution >= 4 is 17.6 Å². The first-order valence-electron chi connectivity index (χ1n) is 7.70. The van der Waals surface area contributed by atoms with E-state index < -0.39 is 11.9 Å². The van der Waals surface area contributed by atoms with Crippen LogP contribution in [-0.2, 0) is 4.79 Å². The zero-order valence-electron chi connectivity index (χ0n) is 13.4. The molecule has 1 aliphatic heterocycles. The van der Waals surface area contributed by atoms with Crippen molar-refractivity contribution in [1.82, 2.24) is 24.6 Å². The minimum absolute atomic E-state index is 0.00343. The van der Waals surface area contributed by atoms with Crippen molar-refractivity contribution in [3.8, 4) is 0 Å². The van der Waals surface area contributed by atoms with Gasteiger partial charge in [-0.15, -0.1) is 0 Å². The Balaban J connectivity index is 1.66. The van der Waals surface area contributed by atoms with Crippen LogP contribution in [-0.4, -0.2) is 62.6 Å². The van der Waals surface area contributed by atoms with Gasteiger partial charge in [0.2, 0.25) is 5.91 Å². The van der Waals surface area contributed by atoms with E-state index in [9.17, 15) is 9.59 Å². The van der Waals surface area contributed by atoms with E-state index in [1.54, 1.807) is 34.8 Å². The molecule has 126 valence electrons. The SMILES string of the molecule is CC(C(=O)N1CCN(c2ncccc2C(N)=O)CC1)n1cncn1. The molecule has 0 saturated carbocycles. The molecular formula is C15H19N7O2. The molecule has 0 bridgehead atoms. The molecule has 9 nitrogen and oxygen atoms in total. The molecule has 24 heavy (non-hydrogen) atoms. The van der Waals surface area contributed by atoms with Crippen molar-refractivity contribution < 1.29 is 9.59 Å². The van der Waals surface area contributed by atoms with Gasteiger partial charge < -0.3 is 15.5 Å². The average molecular weight is 329 g/mol. The predicted octanol–water partition coefficient (Wildman–Crippen LogP) is -0.318. The van der Waals surface area contributed by atoms with Crippen LogP contribution in [0.2, 0.25) is 0 Å². The Morgan fingerprint density at radius 2 is 2.00 bits per heavy atom. The second kappa shape index (κ2) is 6.65. The Bertz CT molecular complexity index is 723. The van der Waals surface area contributed by atoms with Gasteiger partial charge in [-0.3, -0.25) is 9.59 Å². The number of carbonyl (C=O) groups is 2. The first-order valence-corrected chi connectivity index (χ1v) is 7.70. The van der Waals surface area contributed by atoms with Gasteiger partial charge in [-0.2, -0.15) is 5.10 Å². The van der Waals surface area contributed by atoms with E-state index in [0.717, 1.165) is 0 Å². The lowest BCUT2D eigenvalue weighted by molar-refractivity contribution is -0.134. The molecular weight excluding hydrogens is 310 g/mol. The lowest BCUT2D eigenvalue weighted by Gasteiger charge is -2.36. The smallest absolute Gasteiger partial charge is 0.252 e. The van der Waals surface area contributed by atoms with Gasteiger partial charge in [0.25, 0.3) is 5.91 Å². The summed E-state index contributed by atoms with van der Waals surface area (Å²) in [6, 6.07) is 2.95. The maximum atomic E-state index is 12.5. The monoisotopic (exact) mass is 329 g/mol. The number of aromatic nitrogens is 4.